The van der Waals surface area contributed by atoms with Gasteiger partial charge in [0.15, 0.2) is 0 Å². The highest BCUT2D eigenvalue weighted by molar-refractivity contribution is 6.25. The Morgan fingerprint density at radius 3 is 1.89 bits per heavy atom. The summed E-state index contributed by atoms with van der Waals surface area (Å²) in [5, 5.41) is 4.64. The Kier molecular flexibility index (Phi) is 4.49. The standard InChI is InChI=1S/C34H22N4/c1-4-10-23(11-5-1)24-16-18-30-28(20-24)27-17-19-31-32(33(27)37(30)25-12-6-2-7-13-25)29-21-35-22-36-34(29)38(31)26-14-8-3-9-15-26/h1-22H. The van der Waals surface area contributed by atoms with Crippen molar-refractivity contribution in [2.24, 2.45) is 0 Å². The molecule has 0 amide bonds. The summed E-state index contributed by atoms with van der Waals surface area (Å²) in [5.41, 5.74) is 9.00. The maximum atomic E-state index is 4.75. The van der Waals surface area contributed by atoms with Crippen LogP contribution in [0.25, 0.3) is 66.2 Å². The summed E-state index contributed by atoms with van der Waals surface area (Å²) < 4.78 is 4.64. The van der Waals surface area contributed by atoms with E-state index in [1.54, 1.807) is 6.33 Å². The average Bonchev–Trinajstić information content (AvgIpc) is 3.51. The van der Waals surface area contributed by atoms with Crippen LogP contribution in [-0.4, -0.2) is 19.1 Å². The van der Waals surface area contributed by atoms with E-state index >= 15 is 0 Å². The Labute approximate surface area is 219 Å². The fraction of sp³-hybridized carbons (Fsp3) is 0. The Morgan fingerprint density at radius 2 is 1.16 bits per heavy atom. The van der Waals surface area contributed by atoms with Crippen molar-refractivity contribution in [1.82, 2.24) is 19.1 Å². The maximum Gasteiger partial charge on any atom is 0.149 e. The van der Waals surface area contributed by atoms with Crippen LogP contribution >= 0.6 is 0 Å². The van der Waals surface area contributed by atoms with Crippen molar-refractivity contribution in [1.29, 1.82) is 0 Å². The van der Waals surface area contributed by atoms with Crippen molar-refractivity contribution in [3.63, 3.8) is 0 Å². The number of hydrogen-bond donors (Lipinski definition) is 0. The van der Waals surface area contributed by atoms with E-state index in [0.717, 1.165) is 33.3 Å². The van der Waals surface area contributed by atoms with E-state index < -0.39 is 0 Å². The van der Waals surface area contributed by atoms with Crippen LogP contribution in [0.1, 0.15) is 0 Å². The fourth-order valence-corrected chi connectivity index (χ4v) is 5.83. The monoisotopic (exact) mass is 486 g/mol. The molecule has 8 aromatic rings. The van der Waals surface area contributed by atoms with E-state index in [0.29, 0.717) is 0 Å². The highest BCUT2D eigenvalue weighted by atomic mass is 15.1. The van der Waals surface area contributed by atoms with Crippen LogP contribution in [0.2, 0.25) is 0 Å². The number of fused-ring (bicyclic) bond motifs is 7. The first-order valence-corrected chi connectivity index (χ1v) is 12.8. The van der Waals surface area contributed by atoms with Crippen LogP contribution in [0.15, 0.2) is 134 Å². The molecule has 0 aliphatic carbocycles. The molecular formula is C34H22N4. The molecule has 4 heteroatoms. The predicted molar refractivity (Wildman–Crippen MR) is 156 cm³/mol. The summed E-state index contributed by atoms with van der Waals surface area (Å²) in [4.78, 5) is 9.21. The first-order valence-electron chi connectivity index (χ1n) is 12.8. The molecule has 3 heterocycles. The van der Waals surface area contributed by atoms with Gasteiger partial charge in [0, 0.05) is 39.1 Å². The van der Waals surface area contributed by atoms with E-state index in [4.69, 9.17) is 4.98 Å². The first-order chi connectivity index (χ1) is 18.9. The second kappa shape index (κ2) is 8.15. The molecule has 3 aromatic heterocycles. The zero-order valence-corrected chi connectivity index (χ0v) is 20.5. The van der Waals surface area contributed by atoms with Gasteiger partial charge in [0.25, 0.3) is 0 Å². The molecule has 0 aliphatic rings. The minimum absolute atomic E-state index is 0.906. The van der Waals surface area contributed by atoms with E-state index in [1.165, 1.54) is 32.9 Å². The molecule has 0 aliphatic heterocycles. The molecule has 0 bridgehead atoms. The lowest BCUT2D eigenvalue weighted by atomic mass is 10.0. The van der Waals surface area contributed by atoms with Crippen molar-refractivity contribution < 1.29 is 0 Å². The zero-order valence-electron chi connectivity index (χ0n) is 20.5. The molecule has 0 spiro atoms. The largest absolute Gasteiger partial charge is 0.309 e. The van der Waals surface area contributed by atoms with Gasteiger partial charge in [-0.05, 0) is 53.6 Å². The third-order valence-electron chi connectivity index (χ3n) is 7.46. The van der Waals surface area contributed by atoms with Gasteiger partial charge in [-0.25, -0.2) is 9.97 Å². The lowest BCUT2D eigenvalue weighted by Gasteiger charge is -2.10. The average molecular weight is 487 g/mol. The van der Waals surface area contributed by atoms with Gasteiger partial charge < -0.3 is 4.57 Å². The van der Waals surface area contributed by atoms with Crippen LogP contribution in [0, 0.1) is 0 Å². The van der Waals surface area contributed by atoms with Gasteiger partial charge >= 0.3 is 0 Å². The number of para-hydroxylation sites is 2. The molecule has 0 saturated heterocycles. The summed E-state index contributed by atoms with van der Waals surface area (Å²) in [7, 11) is 0. The number of aromatic nitrogens is 4. The molecule has 0 fully saturated rings. The summed E-state index contributed by atoms with van der Waals surface area (Å²) in [6.07, 6.45) is 3.59. The first kappa shape index (κ1) is 20.9. The molecule has 0 radical (unpaired) electrons. The molecule has 5 aromatic carbocycles. The van der Waals surface area contributed by atoms with Crippen LogP contribution in [0.3, 0.4) is 0 Å². The van der Waals surface area contributed by atoms with Crippen LogP contribution < -0.4 is 0 Å². The summed E-state index contributed by atoms with van der Waals surface area (Å²) in [6, 6.07) is 42.9. The van der Waals surface area contributed by atoms with Gasteiger partial charge in [-0.2, -0.15) is 0 Å². The smallest absolute Gasteiger partial charge is 0.149 e. The van der Waals surface area contributed by atoms with Crippen LogP contribution in [-0.2, 0) is 0 Å². The van der Waals surface area contributed by atoms with Gasteiger partial charge in [0.1, 0.15) is 12.0 Å². The Balaban J connectivity index is 1.58. The summed E-state index contributed by atoms with van der Waals surface area (Å²) in [5.74, 6) is 0. The molecule has 0 N–H and O–H groups in total. The predicted octanol–water partition coefficient (Wildman–Crippen LogP) is 8.34. The van der Waals surface area contributed by atoms with E-state index in [1.807, 2.05) is 12.3 Å². The third kappa shape index (κ3) is 2.98. The third-order valence-corrected chi connectivity index (χ3v) is 7.46. The minimum Gasteiger partial charge on any atom is -0.309 e. The van der Waals surface area contributed by atoms with E-state index in [9.17, 15) is 0 Å². The van der Waals surface area contributed by atoms with Gasteiger partial charge in [0.2, 0.25) is 0 Å². The number of rotatable bonds is 3. The van der Waals surface area contributed by atoms with Crippen molar-refractivity contribution in [3.8, 4) is 22.5 Å². The van der Waals surface area contributed by atoms with E-state index in [-0.39, 0.29) is 0 Å². The molecule has 8 rings (SSSR count). The lowest BCUT2D eigenvalue weighted by Crippen LogP contribution is -1.95. The zero-order chi connectivity index (χ0) is 25.1. The second-order valence-corrected chi connectivity index (χ2v) is 9.56. The molecule has 38 heavy (non-hydrogen) atoms. The molecular weight excluding hydrogens is 464 g/mol. The second-order valence-electron chi connectivity index (χ2n) is 9.56. The summed E-state index contributed by atoms with van der Waals surface area (Å²) >= 11 is 0. The Morgan fingerprint density at radius 1 is 0.500 bits per heavy atom. The van der Waals surface area contributed by atoms with Gasteiger partial charge in [-0.15, -0.1) is 0 Å². The number of nitrogens with zero attached hydrogens (tertiary/aromatic N) is 4. The Hall–Kier alpha value is -5.22. The van der Waals surface area contributed by atoms with Crippen molar-refractivity contribution in [2.45, 2.75) is 0 Å². The molecule has 4 nitrogen and oxygen atoms in total. The Bertz CT molecular complexity index is 2110. The van der Waals surface area contributed by atoms with Crippen molar-refractivity contribution in [2.75, 3.05) is 0 Å². The van der Waals surface area contributed by atoms with Crippen LogP contribution in [0.5, 0.6) is 0 Å². The normalized spacial score (nSPS) is 11.7. The molecule has 0 saturated carbocycles. The highest BCUT2D eigenvalue weighted by Gasteiger charge is 2.21. The highest BCUT2D eigenvalue weighted by Crippen LogP contribution is 2.42. The number of benzene rings is 5. The lowest BCUT2D eigenvalue weighted by molar-refractivity contribution is 1.11. The molecule has 178 valence electrons. The van der Waals surface area contributed by atoms with Gasteiger partial charge in [-0.1, -0.05) is 78.9 Å². The minimum atomic E-state index is 0.906. The maximum absolute atomic E-state index is 4.75. The summed E-state index contributed by atoms with van der Waals surface area (Å²) in [6.45, 7) is 0. The van der Waals surface area contributed by atoms with Crippen LogP contribution in [0.4, 0.5) is 0 Å². The fourth-order valence-electron chi connectivity index (χ4n) is 5.83. The van der Waals surface area contributed by atoms with E-state index in [2.05, 4.69) is 129 Å². The molecule has 0 unspecified atom stereocenters. The SMILES string of the molecule is c1ccc(-c2ccc3c(c2)c2ccc4c(c5cncnc5n4-c4ccccc4)c2n3-c2ccccc2)cc1. The molecule has 0 atom stereocenters. The quantitative estimate of drug-likeness (QED) is 0.252. The number of hydrogen-bond acceptors (Lipinski definition) is 2. The van der Waals surface area contributed by atoms with Gasteiger partial charge in [-0.3, -0.25) is 4.57 Å². The van der Waals surface area contributed by atoms with Gasteiger partial charge in [0.05, 0.1) is 16.6 Å². The topological polar surface area (TPSA) is 35.6 Å². The van der Waals surface area contributed by atoms with Crippen molar-refractivity contribution in [3.05, 3.63) is 134 Å². The van der Waals surface area contributed by atoms with Crippen molar-refractivity contribution >= 4 is 43.7 Å².